The van der Waals surface area contributed by atoms with E-state index in [1.807, 2.05) is 0 Å². The molecule has 0 aliphatic heterocycles. The molecule has 1 aromatic heterocycles. The number of rotatable bonds is 3. The highest BCUT2D eigenvalue weighted by atomic mass is 127. The number of aromatic nitrogens is 1. The lowest BCUT2D eigenvalue weighted by Gasteiger charge is -2.07. The van der Waals surface area contributed by atoms with E-state index in [9.17, 15) is 13.6 Å². The standard InChI is InChI=1S/C9H5F2IN2O2/c10-9(11)8-5(3-13)4(2-7(15)16)1-6(12)14-8/h1,9H,2H2,(H,15,16). The molecule has 0 saturated heterocycles. The first kappa shape index (κ1) is 12.8. The van der Waals surface area contributed by atoms with Crippen molar-refractivity contribution in [2.45, 2.75) is 12.8 Å². The molecule has 0 amide bonds. The van der Waals surface area contributed by atoms with Gasteiger partial charge in [-0.05, 0) is 34.2 Å². The summed E-state index contributed by atoms with van der Waals surface area (Å²) in [6.07, 6.45) is -3.36. The normalized spacial score (nSPS) is 10.2. The highest BCUT2D eigenvalue weighted by Gasteiger charge is 2.20. The van der Waals surface area contributed by atoms with Gasteiger partial charge in [0.2, 0.25) is 0 Å². The fourth-order valence-corrected chi connectivity index (χ4v) is 1.81. The van der Waals surface area contributed by atoms with E-state index < -0.39 is 24.5 Å². The Kier molecular flexibility index (Phi) is 4.12. The lowest BCUT2D eigenvalue weighted by Crippen LogP contribution is -2.07. The minimum absolute atomic E-state index is 0.0599. The maximum atomic E-state index is 12.5. The van der Waals surface area contributed by atoms with Gasteiger partial charge in [0.25, 0.3) is 6.43 Å². The number of hydrogen-bond acceptors (Lipinski definition) is 3. The Balaban J connectivity index is 3.37. The number of aliphatic carboxylic acids is 1. The fourth-order valence-electron chi connectivity index (χ4n) is 1.17. The van der Waals surface area contributed by atoms with E-state index in [1.165, 1.54) is 6.07 Å². The Morgan fingerprint density at radius 1 is 1.69 bits per heavy atom. The summed E-state index contributed by atoms with van der Waals surface area (Å²) < 4.78 is 25.3. The molecule has 0 aliphatic carbocycles. The number of nitriles is 1. The van der Waals surface area contributed by atoms with E-state index in [1.54, 1.807) is 28.7 Å². The monoisotopic (exact) mass is 338 g/mol. The minimum Gasteiger partial charge on any atom is -0.481 e. The molecule has 16 heavy (non-hydrogen) atoms. The predicted molar refractivity (Wildman–Crippen MR) is 58.0 cm³/mol. The molecule has 0 unspecified atom stereocenters. The van der Waals surface area contributed by atoms with Gasteiger partial charge in [0.05, 0.1) is 12.0 Å². The quantitative estimate of drug-likeness (QED) is 0.677. The number of halogens is 3. The molecule has 1 heterocycles. The van der Waals surface area contributed by atoms with Crippen molar-refractivity contribution >= 4 is 28.6 Å². The summed E-state index contributed by atoms with van der Waals surface area (Å²) >= 11 is 1.70. The average molecular weight is 338 g/mol. The predicted octanol–water partition coefficient (Wildman–Crippen LogP) is 2.12. The van der Waals surface area contributed by atoms with Gasteiger partial charge >= 0.3 is 5.97 Å². The highest BCUT2D eigenvalue weighted by molar-refractivity contribution is 14.1. The van der Waals surface area contributed by atoms with Gasteiger partial charge in [-0.2, -0.15) is 5.26 Å². The lowest BCUT2D eigenvalue weighted by molar-refractivity contribution is -0.136. The number of carboxylic acid groups (broad SMARTS) is 1. The summed E-state index contributed by atoms with van der Waals surface area (Å²) in [4.78, 5) is 14.0. The number of carbonyl (C=O) groups is 1. The van der Waals surface area contributed by atoms with Gasteiger partial charge in [0.1, 0.15) is 15.5 Å². The van der Waals surface area contributed by atoms with E-state index in [0.717, 1.165) is 0 Å². The number of nitrogens with zero attached hydrogens (tertiary/aromatic N) is 2. The number of carboxylic acids is 1. The zero-order valence-electron chi connectivity index (χ0n) is 7.75. The van der Waals surface area contributed by atoms with Crippen LogP contribution in [0.4, 0.5) is 8.78 Å². The number of pyridine rings is 1. The third kappa shape index (κ3) is 2.85. The van der Waals surface area contributed by atoms with Crippen LogP contribution in [0.15, 0.2) is 6.07 Å². The Morgan fingerprint density at radius 2 is 2.31 bits per heavy atom. The summed E-state index contributed by atoms with van der Waals surface area (Å²) in [5, 5.41) is 17.3. The van der Waals surface area contributed by atoms with Gasteiger partial charge in [0.15, 0.2) is 0 Å². The van der Waals surface area contributed by atoms with Crippen molar-refractivity contribution in [2.75, 3.05) is 0 Å². The van der Waals surface area contributed by atoms with Crippen molar-refractivity contribution < 1.29 is 18.7 Å². The summed E-state index contributed by atoms with van der Waals surface area (Å²) in [6.45, 7) is 0. The second kappa shape index (κ2) is 5.16. The van der Waals surface area contributed by atoms with Gasteiger partial charge < -0.3 is 5.11 Å². The first-order valence-corrected chi connectivity index (χ1v) is 5.13. The van der Waals surface area contributed by atoms with Crippen LogP contribution in [0.2, 0.25) is 0 Å². The van der Waals surface area contributed by atoms with Crippen LogP contribution in [0.5, 0.6) is 0 Å². The van der Waals surface area contributed by atoms with Gasteiger partial charge in [-0.1, -0.05) is 0 Å². The second-order valence-electron chi connectivity index (χ2n) is 2.85. The van der Waals surface area contributed by atoms with Crippen molar-refractivity contribution in [3.63, 3.8) is 0 Å². The lowest BCUT2D eigenvalue weighted by atomic mass is 10.1. The molecule has 0 saturated carbocycles. The largest absolute Gasteiger partial charge is 0.481 e. The highest BCUT2D eigenvalue weighted by Crippen LogP contribution is 2.24. The number of alkyl halides is 2. The molecule has 0 atom stereocenters. The zero-order chi connectivity index (χ0) is 12.3. The Labute approximate surface area is 103 Å². The molecule has 1 N–H and O–H groups in total. The Bertz CT molecular complexity index is 471. The Hall–Kier alpha value is -1.30. The second-order valence-corrected chi connectivity index (χ2v) is 3.95. The van der Waals surface area contributed by atoms with Crippen molar-refractivity contribution in [2.24, 2.45) is 0 Å². The van der Waals surface area contributed by atoms with E-state index in [4.69, 9.17) is 10.4 Å². The smallest absolute Gasteiger partial charge is 0.307 e. The zero-order valence-corrected chi connectivity index (χ0v) is 9.90. The summed E-state index contributed by atoms with van der Waals surface area (Å²) in [5.74, 6) is -1.18. The SMILES string of the molecule is N#Cc1c(CC(=O)O)cc(I)nc1C(F)F. The molecule has 0 aliphatic rings. The van der Waals surface area contributed by atoms with Gasteiger partial charge in [-0.25, -0.2) is 13.8 Å². The van der Waals surface area contributed by atoms with Crippen LogP contribution in [-0.2, 0) is 11.2 Å². The van der Waals surface area contributed by atoms with E-state index in [2.05, 4.69) is 4.98 Å². The van der Waals surface area contributed by atoms with Crippen molar-refractivity contribution in [1.29, 1.82) is 5.26 Å². The van der Waals surface area contributed by atoms with Crippen molar-refractivity contribution in [1.82, 2.24) is 4.98 Å². The molecule has 7 heteroatoms. The molecule has 0 aromatic carbocycles. The van der Waals surface area contributed by atoms with Gasteiger partial charge in [0, 0.05) is 0 Å². The summed E-state index contributed by atoms with van der Waals surface area (Å²) in [5.41, 5.74) is -0.951. The molecule has 0 bridgehead atoms. The van der Waals surface area contributed by atoms with Crippen molar-refractivity contribution in [3.05, 3.63) is 26.6 Å². The molecule has 1 rings (SSSR count). The molecule has 0 spiro atoms. The average Bonchev–Trinajstić information content (AvgIpc) is 2.15. The molecular weight excluding hydrogens is 333 g/mol. The molecular formula is C9H5F2IN2O2. The van der Waals surface area contributed by atoms with Crippen LogP contribution in [0.3, 0.4) is 0 Å². The fraction of sp³-hybridized carbons (Fsp3) is 0.222. The van der Waals surface area contributed by atoms with Crippen LogP contribution in [0, 0.1) is 15.0 Å². The van der Waals surface area contributed by atoms with Crippen molar-refractivity contribution in [3.8, 4) is 6.07 Å². The first-order chi connectivity index (χ1) is 7.45. The molecule has 1 aromatic rings. The summed E-state index contributed by atoms with van der Waals surface area (Å²) in [7, 11) is 0. The van der Waals surface area contributed by atoms with Gasteiger partial charge in [-0.3, -0.25) is 4.79 Å². The molecule has 84 valence electrons. The molecule has 0 radical (unpaired) electrons. The topological polar surface area (TPSA) is 74.0 Å². The van der Waals surface area contributed by atoms with E-state index >= 15 is 0 Å². The third-order valence-corrected chi connectivity index (χ3v) is 2.31. The van der Waals surface area contributed by atoms with Crippen LogP contribution in [0.25, 0.3) is 0 Å². The van der Waals surface area contributed by atoms with Crippen LogP contribution in [-0.4, -0.2) is 16.1 Å². The Morgan fingerprint density at radius 3 is 2.75 bits per heavy atom. The van der Waals surface area contributed by atoms with Crippen LogP contribution in [0.1, 0.15) is 23.2 Å². The minimum atomic E-state index is -2.89. The third-order valence-electron chi connectivity index (χ3n) is 1.76. The maximum Gasteiger partial charge on any atom is 0.307 e. The summed E-state index contributed by atoms with van der Waals surface area (Å²) in [6, 6.07) is 2.89. The first-order valence-electron chi connectivity index (χ1n) is 4.05. The molecule has 0 fully saturated rings. The van der Waals surface area contributed by atoms with Crippen LogP contribution >= 0.6 is 22.6 Å². The van der Waals surface area contributed by atoms with E-state index in [0.29, 0.717) is 0 Å². The van der Waals surface area contributed by atoms with Gasteiger partial charge in [-0.15, -0.1) is 0 Å². The maximum absolute atomic E-state index is 12.5. The molecule has 4 nitrogen and oxygen atoms in total. The number of hydrogen-bond donors (Lipinski definition) is 1. The van der Waals surface area contributed by atoms with E-state index in [-0.39, 0.29) is 14.8 Å². The van der Waals surface area contributed by atoms with Crippen LogP contribution < -0.4 is 0 Å².